The second-order valence-electron chi connectivity index (χ2n) is 3.07. The van der Waals surface area contributed by atoms with Crippen molar-refractivity contribution < 1.29 is 4.74 Å². The first-order valence-corrected chi connectivity index (χ1v) is 4.23. The molecule has 62 valence electrons. The Balaban J connectivity index is 2.31. The minimum atomic E-state index is 0.314. The van der Waals surface area contributed by atoms with Gasteiger partial charge in [-0.2, -0.15) is 0 Å². The Bertz CT molecular complexity index is 281. The van der Waals surface area contributed by atoms with Gasteiger partial charge in [0.05, 0.1) is 12.5 Å². The molecular weight excluding hydrogens is 148 g/mol. The van der Waals surface area contributed by atoms with Gasteiger partial charge in [0.15, 0.2) is 0 Å². The van der Waals surface area contributed by atoms with Crippen LogP contribution in [0.15, 0.2) is 48.3 Å². The molecule has 1 aliphatic carbocycles. The van der Waals surface area contributed by atoms with Crippen molar-refractivity contribution in [2.24, 2.45) is 5.92 Å². The third-order valence-corrected chi connectivity index (χ3v) is 2.22. The third-order valence-electron chi connectivity index (χ3n) is 2.22. The Morgan fingerprint density at radius 1 is 1.33 bits per heavy atom. The van der Waals surface area contributed by atoms with Gasteiger partial charge in [0.1, 0.15) is 5.76 Å². The number of hydrogen-bond acceptors (Lipinski definition) is 1. The first-order valence-electron chi connectivity index (χ1n) is 4.23. The zero-order chi connectivity index (χ0) is 8.39. The number of hydrogen-bond donors (Lipinski definition) is 0. The third kappa shape index (κ3) is 1.22. The quantitative estimate of drug-likeness (QED) is 0.495. The van der Waals surface area contributed by atoms with E-state index in [1.807, 2.05) is 24.3 Å². The van der Waals surface area contributed by atoms with Gasteiger partial charge in [-0.1, -0.05) is 36.5 Å². The van der Waals surface area contributed by atoms with Gasteiger partial charge >= 0.3 is 0 Å². The summed E-state index contributed by atoms with van der Waals surface area (Å²) in [6.45, 7) is 4.82. The summed E-state index contributed by atoms with van der Waals surface area (Å²) in [5, 5.41) is 0. The molecule has 1 nitrogen and oxygen atoms in total. The molecule has 0 bridgehead atoms. The Hall–Kier alpha value is -1.24. The van der Waals surface area contributed by atoms with E-state index < -0.39 is 0 Å². The maximum atomic E-state index is 5.53. The topological polar surface area (TPSA) is 9.23 Å². The zero-order valence-corrected chi connectivity index (χ0v) is 6.99. The molecule has 0 aromatic carbocycles. The molecule has 0 radical (unpaired) electrons. The summed E-state index contributed by atoms with van der Waals surface area (Å²) in [6.07, 6.45) is 11.2. The van der Waals surface area contributed by atoms with Crippen molar-refractivity contribution in [3.8, 4) is 0 Å². The van der Waals surface area contributed by atoms with Crippen molar-refractivity contribution >= 4 is 0 Å². The van der Waals surface area contributed by atoms with Crippen LogP contribution in [0, 0.1) is 5.92 Å². The van der Waals surface area contributed by atoms with Crippen LogP contribution in [0.2, 0.25) is 0 Å². The van der Waals surface area contributed by atoms with Crippen LogP contribution in [0.1, 0.15) is 6.42 Å². The summed E-state index contributed by atoms with van der Waals surface area (Å²) in [5.74, 6) is 1.35. The Kier molecular flexibility index (Phi) is 1.86. The van der Waals surface area contributed by atoms with E-state index in [4.69, 9.17) is 4.74 Å². The first-order chi connectivity index (χ1) is 5.88. The lowest BCUT2D eigenvalue weighted by atomic mass is 9.93. The molecule has 0 amide bonds. The molecule has 0 spiro atoms. The molecule has 0 aromatic heterocycles. The lowest BCUT2D eigenvalue weighted by Gasteiger charge is -2.25. The maximum Gasteiger partial charge on any atom is 0.107 e. The van der Waals surface area contributed by atoms with E-state index in [2.05, 4.69) is 12.7 Å². The average Bonchev–Trinajstić information content (AvgIpc) is 2.30. The SMILES string of the molecule is C=C1CCOC2=CC=CC=CC12. The minimum Gasteiger partial charge on any atom is -0.497 e. The van der Waals surface area contributed by atoms with E-state index in [1.165, 1.54) is 5.57 Å². The fourth-order valence-electron chi connectivity index (χ4n) is 1.52. The van der Waals surface area contributed by atoms with Gasteiger partial charge in [-0.05, 0) is 6.08 Å². The number of rotatable bonds is 0. The van der Waals surface area contributed by atoms with Crippen molar-refractivity contribution in [3.05, 3.63) is 48.3 Å². The molecular formula is C11H12O. The normalized spacial score (nSPS) is 27.2. The average molecular weight is 160 g/mol. The minimum absolute atomic E-state index is 0.314. The van der Waals surface area contributed by atoms with Gasteiger partial charge in [-0.25, -0.2) is 0 Å². The fourth-order valence-corrected chi connectivity index (χ4v) is 1.52. The standard InChI is InChI=1S/C11H12O/c1-9-7-8-12-11-6-4-2-3-5-10(9)11/h2-6,10H,1,7-8H2. The van der Waals surface area contributed by atoms with Crippen LogP contribution >= 0.6 is 0 Å². The molecule has 1 fully saturated rings. The molecule has 1 heterocycles. The van der Waals surface area contributed by atoms with Crippen molar-refractivity contribution in [1.82, 2.24) is 0 Å². The van der Waals surface area contributed by atoms with Crippen LogP contribution in [-0.4, -0.2) is 6.61 Å². The molecule has 1 aliphatic heterocycles. The Morgan fingerprint density at radius 3 is 3.17 bits per heavy atom. The molecule has 1 atom stereocenters. The summed E-state index contributed by atoms with van der Waals surface area (Å²) < 4.78 is 5.53. The van der Waals surface area contributed by atoms with E-state index in [1.54, 1.807) is 0 Å². The second-order valence-corrected chi connectivity index (χ2v) is 3.07. The van der Waals surface area contributed by atoms with Crippen LogP contribution in [0.4, 0.5) is 0 Å². The smallest absolute Gasteiger partial charge is 0.107 e. The van der Waals surface area contributed by atoms with E-state index in [9.17, 15) is 0 Å². The summed E-state index contributed by atoms with van der Waals surface area (Å²) in [4.78, 5) is 0. The summed E-state index contributed by atoms with van der Waals surface area (Å²) in [5.41, 5.74) is 1.26. The fraction of sp³-hybridized carbons (Fsp3) is 0.273. The number of fused-ring (bicyclic) bond motifs is 1. The van der Waals surface area contributed by atoms with Crippen LogP contribution < -0.4 is 0 Å². The highest BCUT2D eigenvalue weighted by Crippen LogP contribution is 2.30. The molecule has 2 aliphatic rings. The van der Waals surface area contributed by atoms with Gasteiger partial charge in [0, 0.05) is 6.42 Å². The Morgan fingerprint density at radius 2 is 2.25 bits per heavy atom. The van der Waals surface area contributed by atoms with Crippen molar-refractivity contribution in [2.75, 3.05) is 6.61 Å². The molecule has 2 rings (SSSR count). The monoisotopic (exact) mass is 160 g/mol. The highest BCUT2D eigenvalue weighted by atomic mass is 16.5. The highest BCUT2D eigenvalue weighted by Gasteiger charge is 2.20. The van der Waals surface area contributed by atoms with Crippen LogP contribution in [0.25, 0.3) is 0 Å². The van der Waals surface area contributed by atoms with Crippen LogP contribution in [-0.2, 0) is 4.74 Å². The molecule has 0 aromatic rings. The first kappa shape index (κ1) is 7.41. The van der Waals surface area contributed by atoms with E-state index >= 15 is 0 Å². The molecule has 1 unspecified atom stereocenters. The lowest BCUT2D eigenvalue weighted by Crippen LogP contribution is -2.15. The molecule has 1 saturated heterocycles. The van der Waals surface area contributed by atoms with Crippen molar-refractivity contribution in [3.63, 3.8) is 0 Å². The van der Waals surface area contributed by atoms with Crippen LogP contribution in [0.5, 0.6) is 0 Å². The van der Waals surface area contributed by atoms with Gasteiger partial charge in [0.2, 0.25) is 0 Å². The van der Waals surface area contributed by atoms with Gasteiger partial charge in [-0.15, -0.1) is 0 Å². The van der Waals surface area contributed by atoms with E-state index in [0.29, 0.717) is 5.92 Å². The van der Waals surface area contributed by atoms with Gasteiger partial charge in [0.25, 0.3) is 0 Å². The molecule has 12 heavy (non-hydrogen) atoms. The molecule has 1 heteroatoms. The van der Waals surface area contributed by atoms with Crippen molar-refractivity contribution in [1.29, 1.82) is 0 Å². The van der Waals surface area contributed by atoms with Crippen molar-refractivity contribution in [2.45, 2.75) is 6.42 Å². The summed E-state index contributed by atoms with van der Waals surface area (Å²) in [6, 6.07) is 0. The van der Waals surface area contributed by atoms with E-state index in [-0.39, 0.29) is 0 Å². The maximum absolute atomic E-state index is 5.53. The zero-order valence-electron chi connectivity index (χ0n) is 6.99. The summed E-state index contributed by atoms with van der Waals surface area (Å²) in [7, 11) is 0. The highest BCUT2D eigenvalue weighted by molar-refractivity contribution is 5.31. The number of allylic oxidation sites excluding steroid dienone is 5. The van der Waals surface area contributed by atoms with Gasteiger partial charge in [-0.3, -0.25) is 0 Å². The second kappa shape index (κ2) is 3.02. The number of ether oxygens (including phenoxy) is 1. The Labute approximate surface area is 72.7 Å². The van der Waals surface area contributed by atoms with Crippen LogP contribution in [0.3, 0.4) is 0 Å². The van der Waals surface area contributed by atoms with Gasteiger partial charge < -0.3 is 4.74 Å². The predicted molar refractivity (Wildman–Crippen MR) is 49.6 cm³/mol. The molecule has 0 saturated carbocycles. The molecule has 0 N–H and O–H groups in total. The largest absolute Gasteiger partial charge is 0.497 e. The lowest BCUT2D eigenvalue weighted by molar-refractivity contribution is 0.172. The van der Waals surface area contributed by atoms with E-state index in [0.717, 1.165) is 18.8 Å². The predicted octanol–water partition coefficient (Wildman–Crippen LogP) is 2.59. The summed E-state index contributed by atoms with van der Waals surface area (Å²) >= 11 is 0.